The normalized spacial score (nSPS) is 9.57. The summed E-state index contributed by atoms with van der Waals surface area (Å²) in [4.78, 5) is 34.9. The maximum atomic E-state index is 10.9. The third-order valence-electron chi connectivity index (χ3n) is 3.35. The number of aromatic nitrogens is 4. The van der Waals surface area contributed by atoms with Crippen LogP contribution >= 0.6 is 11.6 Å². The number of aliphatic hydroxyl groups is 1. The molecule has 0 bridgehead atoms. The van der Waals surface area contributed by atoms with E-state index in [9.17, 15) is 9.59 Å². The van der Waals surface area contributed by atoms with Crippen molar-refractivity contribution in [3.8, 4) is 0 Å². The summed E-state index contributed by atoms with van der Waals surface area (Å²) in [6, 6.07) is 13.3. The average Bonchev–Trinajstić information content (AvgIpc) is 2.69. The fourth-order valence-corrected chi connectivity index (χ4v) is 2.31. The number of halogens is 1. The van der Waals surface area contributed by atoms with Crippen molar-refractivity contribution in [2.24, 2.45) is 0 Å². The number of H-pyrrole nitrogens is 2. The summed E-state index contributed by atoms with van der Waals surface area (Å²) in [5, 5.41) is 19.2. The fraction of sp³-hybridized carbons (Fsp3) is 0.111. The van der Waals surface area contributed by atoms with Crippen LogP contribution in [0, 0.1) is 0 Å². The Bertz CT molecular complexity index is 1160. The molecule has 0 aliphatic heterocycles. The molecular weight excluding hydrogens is 395 g/mol. The number of pyridine rings is 4. The molecule has 0 unspecified atom stereocenters. The molecule has 4 heterocycles. The molecule has 8 nitrogen and oxygen atoms in total. The third-order valence-corrected chi connectivity index (χ3v) is 3.56. The number of nitrogens with zero attached hydrogens (tertiary/aromatic N) is 2. The SMILES string of the molecule is C[O-].O=c1ccc2ccc(CO)nc2[nH]1.O=c1ccc2ccc(Cl)nc2[nH]1.[Na+]. The Kier molecular flexibility index (Phi) is 10.0. The molecule has 0 saturated heterocycles. The van der Waals surface area contributed by atoms with Gasteiger partial charge < -0.3 is 20.2 Å². The van der Waals surface area contributed by atoms with Gasteiger partial charge in [0.1, 0.15) is 16.4 Å². The minimum atomic E-state index is -0.185. The number of fused-ring (bicyclic) bond motifs is 2. The molecule has 4 aromatic heterocycles. The van der Waals surface area contributed by atoms with Crippen LogP contribution in [0.15, 0.2) is 58.1 Å². The number of aliphatic hydroxyl groups excluding tert-OH is 1. The first-order chi connectivity index (χ1) is 13.0. The van der Waals surface area contributed by atoms with Crippen LogP contribution in [0.2, 0.25) is 5.15 Å². The molecule has 4 aromatic rings. The van der Waals surface area contributed by atoms with Gasteiger partial charge in [-0.05, 0) is 36.4 Å². The van der Waals surface area contributed by atoms with Crippen LogP contribution in [0.1, 0.15) is 5.69 Å². The number of nitrogens with one attached hydrogen (secondary N) is 2. The monoisotopic (exact) mass is 410 g/mol. The summed E-state index contributed by atoms with van der Waals surface area (Å²) in [7, 11) is 0.750. The molecule has 0 atom stereocenters. The van der Waals surface area contributed by atoms with Crippen molar-refractivity contribution in [3.05, 3.63) is 80.1 Å². The minimum absolute atomic E-state index is 0. The first-order valence-corrected chi connectivity index (χ1v) is 8.09. The smallest absolute Gasteiger partial charge is 0.857 e. The van der Waals surface area contributed by atoms with Gasteiger partial charge in [0.15, 0.2) is 0 Å². The van der Waals surface area contributed by atoms with E-state index >= 15 is 0 Å². The van der Waals surface area contributed by atoms with Crippen molar-refractivity contribution in [1.82, 2.24) is 19.9 Å². The molecular formula is C18H16ClN4NaO4. The zero-order valence-corrected chi connectivity index (χ0v) is 18.0. The first-order valence-electron chi connectivity index (χ1n) is 7.71. The third kappa shape index (κ3) is 6.52. The molecule has 0 saturated carbocycles. The summed E-state index contributed by atoms with van der Waals surface area (Å²) in [6.07, 6.45) is 0. The van der Waals surface area contributed by atoms with Crippen LogP contribution < -0.4 is 45.8 Å². The van der Waals surface area contributed by atoms with E-state index in [1.165, 1.54) is 12.1 Å². The largest absolute Gasteiger partial charge is 1.00 e. The van der Waals surface area contributed by atoms with Crippen LogP contribution in [-0.4, -0.2) is 32.2 Å². The van der Waals surface area contributed by atoms with Gasteiger partial charge in [-0.15, -0.1) is 0 Å². The molecule has 0 aromatic carbocycles. The predicted molar refractivity (Wildman–Crippen MR) is 102 cm³/mol. The van der Waals surface area contributed by atoms with E-state index in [2.05, 4.69) is 19.9 Å². The molecule has 0 aliphatic rings. The van der Waals surface area contributed by atoms with E-state index in [1.54, 1.807) is 30.3 Å². The van der Waals surface area contributed by atoms with E-state index < -0.39 is 0 Å². The summed E-state index contributed by atoms with van der Waals surface area (Å²) < 4.78 is 0. The molecule has 0 aliphatic carbocycles. The van der Waals surface area contributed by atoms with Crippen molar-refractivity contribution >= 4 is 33.7 Å². The molecule has 0 amide bonds. The molecule has 0 spiro atoms. The Morgan fingerprint density at radius 1 is 0.857 bits per heavy atom. The predicted octanol–water partition coefficient (Wildman–Crippen LogP) is -2.03. The topological polar surface area (TPSA) is 135 Å². The van der Waals surface area contributed by atoms with Crippen LogP contribution in [0.5, 0.6) is 0 Å². The van der Waals surface area contributed by atoms with Crippen LogP contribution in [0.25, 0.3) is 22.1 Å². The standard InChI is InChI=1S/C9H8N2O2.C8H5ClN2O.CH3O.Na/c12-5-7-3-1-6-2-4-8(13)11-9(6)10-7;9-6-3-1-5-2-4-7(12)11-8(5)10-6;1-2;/h1-4,12H,5H2,(H,10,11,13);1-4H,(H,10,11,12);1H3;/q;;-1;+1. The maximum absolute atomic E-state index is 10.9. The van der Waals surface area contributed by atoms with Crippen LogP contribution in [-0.2, 0) is 6.61 Å². The zero-order valence-electron chi connectivity index (χ0n) is 15.3. The Morgan fingerprint density at radius 3 is 1.86 bits per heavy atom. The van der Waals surface area contributed by atoms with E-state index in [0.717, 1.165) is 17.9 Å². The number of aromatic amines is 2. The Balaban J connectivity index is 0.000000250. The van der Waals surface area contributed by atoms with Gasteiger partial charge in [-0.3, -0.25) is 9.59 Å². The van der Waals surface area contributed by atoms with Crippen LogP contribution in [0.4, 0.5) is 0 Å². The van der Waals surface area contributed by atoms with Crippen molar-refractivity contribution in [2.45, 2.75) is 6.61 Å². The van der Waals surface area contributed by atoms with E-state index in [-0.39, 0.29) is 47.3 Å². The quantitative estimate of drug-likeness (QED) is 0.245. The Morgan fingerprint density at radius 2 is 1.32 bits per heavy atom. The van der Waals surface area contributed by atoms with Gasteiger partial charge in [0.05, 0.1) is 12.3 Å². The minimum Gasteiger partial charge on any atom is -0.857 e. The molecule has 28 heavy (non-hydrogen) atoms. The number of hydrogen-bond donors (Lipinski definition) is 3. The molecule has 3 N–H and O–H groups in total. The van der Waals surface area contributed by atoms with Crippen LogP contribution in [0.3, 0.4) is 0 Å². The Hall–Kier alpha value is -2.07. The van der Waals surface area contributed by atoms with Crippen molar-refractivity contribution < 1.29 is 39.8 Å². The maximum Gasteiger partial charge on any atom is 1.00 e. The summed E-state index contributed by atoms with van der Waals surface area (Å²) in [5.41, 5.74) is 1.23. The molecule has 10 heteroatoms. The summed E-state index contributed by atoms with van der Waals surface area (Å²) in [5.74, 6) is 0. The second kappa shape index (κ2) is 11.7. The van der Waals surface area contributed by atoms with Crippen molar-refractivity contribution in [3.63, 3.8) is 0 Å². The van der Waals surface area contributed by atoms with Crippen molar-refractivity contribution in [1.29, 1.82) is 0 Å². The fourth-order valence-electron chi connectivity index (χ4n) is 2.16. The van der Waals surface area contributed by atoms with E-state index in [1.807, 2.05) is 6.07 Å². The number of hydrogen-bond acceptors (Lipinski definition) is 6. The first kappa shape index (κ1) is 24.0. The van der Waals surface area contributed by atoms with Gasteiger partial charge in [-0.1, -0.05) is 11.6 Å². The zero-order chi connectivity index (χ0) is 19.8. The average molecular weight is 411 g/mol. The second-order valence-electron chi connectivity index (χ2n) is 5.12. The van der Waals surface area contributed by atoms with Gasteiger partial charge >= 0.3 is 29.6 Å². The molecule has 140 valence electrons. The van der Waals surface area contributed by atoms with E-state index in [4.69, 9.17) is 21.8 Å². The summed E-state index contributed by atoms with van der Waals surface area (Å²) in [6.45, 7) is -0.118. The van der Waals surface area contributed by atoms with E-state index in [0.29, 0.717) is 22.1 Å². The molecule has 4 rings (SSSR count). The second-order valence-corrected chi connectivity index (χ2v) is 5.50. The van der Waals surface area contributed by atoms with Gasteiger partial charge in [0, 0.05) is 22.9 Å². The number of rotatable bonds is 1. The molecule has 0 fully saturated rings. The van der Waals surface area contributed by atoms with Gasteiger partial charge in [-0.2, -0.15) is 7.11 Å². The van der Waals surface area contributed by atoms with Gasteiger partial charge in [0.2, 0.25) is 11.1 Å². The van der Waals surface area contributed by atoms with Gasteiger partial charge in [0.25, 0.3) is 0 Å². The van der Waals surface area contributed by atoms with Gasteiger partial charge in [-0.25, -0.2) is 9.97 Å². The van der Waals surface area contributed by atoms with Crippen molar-refractivity contribution in [2.75, 3.05) is 7.11 Å². The summed E-state index contributed by atoms with van der Waals surface area (Å²) >= 11 is 5.64. The Labute approximate surface area is 186 Å². The molecule has 0 radical (unpaired) electrons.